The molecule has 1 aliphatic heterocycles. The van der Waals surface area contributed by atoms with E-state index in [2.05, 4.69) is 10.6 Å². The van der Waals surface area contributed by atoms with Crippen molar-refractivity contribution in [3.05, 3.63) is 64.7 Å². The molecule has 178 valence electrons. The highest BCUT2D eigenvalue weighted by Crippen LogP contribution is 2.23. The fourth-order valence-electron chi connectivity index (χ4n) is 3.76. The second-order valence-electron chi connectivity index (χ2n) is 7.96. The monoisotopic (exact) mass is 474 g/mol. The van der Waals surface area contributed by atoms with Crippen molar-refractivity contribution in [1.29, 1.82) is 0 Å². The molecule has 0 aliphatic carbocycles. The number of carbonyl (C=O) groups is 2. The van der Waals surface area contributed by atoms with Gasteiger partial charge in [0.1, 0.15) is 17.9 Å². The van der Waals surface area contributed by atoms with E-state index in [-0.39, 0.29) is 17.9 Å². The molecule has 1 atom stereocenters. The maximum Gasteiger partial charge on any atom is 0.338 e. The van der Waals surface area contributed by atoms with Crippen molar-refractivity contribution >= 4 is 23.5 Å². The smallest absolute Gasteiger partial charge is 0.338 e. The second-order valence-corrected chi connectivity index (χ2v) is 8.40. The largest absolute Gasteiger partial charge is 0.492 e. The summed E-state index contributed by atoms with van der Waals surface area (Å²) in [7, 11) is 0. The van der Waals surface area contributed by atoms with Gasteiger partial charge in [-0.3, -0.25) is 10.1 Å². The van der Waals surface area contributed by atoms with Crippen LogP contribution in [-0.4, -0.2) is 50.4 Å². The van der Waals surface area contributed by atoms with Crippen LogP contribution in [0.1, 0.15) is 48.7 Å². The fourth-order valence-corrected chi connectivity index (χ4v) is 3.94. The van der Waals surface area contributed by atoms with Gasteiger partial charge in [-0.05, 0) is 62.6 Å². The summed E-state index contributed by atoms with van der Waals surface area (Å²) in [5.74, 6) is 0.260. The number of hydrogen-bond acceptors (Lipinski definition) is 6. The summed E-state index contributed by atoms with van der Waals surface area (Å²) >= 11 is 5.99. The normalized spacial score (nSPS) is 16.0. The molecule has 2 aromatic rings. The molecule has 1 unspecified atom stereocenters. The van der Waals surface area contributed by atoms with E-state index in [0.717, 1.165) is 5.56 Å². The van der Waals surface area contributed by atoms with Crippen LogP contribution in [0.15, 0.2) is 48.5 Å². The van der Waals surface area contributed by atoms with Gasteiger partial charge < -0.3 is 19.5 Å². The first kappa shape index (κ1) is 25.0. The number of halogens is 1. The molecule has 0 bridgehead atoms. The lowest BCUT2D eigenvalue weighted by molar-refractivity contribution is -0.132. The van der Waals surface area contributed by atoms with Crippen LogP contribution in [0.3, 0.4) is 0 Å². The molecule has 7 nitrogen and oxygen atoms in total. The van der Waals surface area contributed by atoms with Crippen LogP contribution >= 0.6 is 11.6 Å². The van der Waals surface area contributed by atoms with E-state index in [0.29, 0.717) is 62.1 Å². The molecular formula is C25H31ClN2O5. The molecule has 1 saturated heterocycles. The van der Waals surface area contributed by atoms with Crippen LogP contribution in [0, 0.1) is 0 Å². The minimum Gasteiger partial charge on any atom is -0.492 e. The van der Waals surface area contributed by atoms with Crippen molar-refractivity contribution in [3.63, 3.8) is 0 Å². The van der Waals surface area contributed by atoms with Gasteiger partial charge >= 0.3 is 5.97 Å². The van der Waals surface area contributed by atoms with Gasteiger partial charge in [-0.15, -0.1) is 0 Å². The second kappa shape index (κ2) is 12.0. The Morgan fingerprint density at radius 2 is 1.88 bits per heavy atom. The first-order chi connectivity index (χ1) is 15.9. The van der Waals surface area contributed by atoms with Crippen molar-refractivity contribution in [2.24, 2.45) is 0 Å². The Balaban J connectivity index is 1.58. The van der Waals surface area contributed by atoms with E-state index >= 15 is 0 Å². The van der Waals surface area contributed by atoms with Crippen LogP contribution < -0.4 is 15.4 Å². The third-order valence-corrected chi connectivity index (χ3v) is 5.92. The first-order valence-corrected chi connectivity index (χ1v) is 11.6. The minimum atomic E-state index is -0.727. The van der Waals surface area contributed by atoms with Gasteiger partial charge in [0.25, 0.3) is 0 Å². The zero-order valence-electron chi connectivity index (χ0n) is 19.1. The highest BCUT2D eigenvalue weighted by molar-refractivity contribution is 6.30. The first-order valence-electron chi connectivity index (χ1n) is 11.2. The summed E-state index contributed by atoms with van der Waals surface area (Å²) in [6.45, 7) is 5.95. The Bertz CT molecular complexity index is 929. The number of carbonyl (C=O) groups excluding carboxylic acids is 2. The molecule has 33 heavy (non-hydrogen) atoms. The van der Waals surface area contributed by atoms with Crippen molar-refractivity contribution in [1.82, 2.24) is 10.6 Å². The van der Waals surface area contributed by atoms with Gasteiger partial charge in [-0.25, -0.2) is 4.79 Å². The van der Waals surface area contributed by atoms with Crippen LogP contribution in [-0.2, 0) is 14.3 Å². The van der Waals surface area contributed by atoms with Crippen molar-refractivity contribution < 1.29 is 23.8 Å². The molecule has 8 heteroatoms. The SMILES string of the molecule is CCOC(=O)c1ccc(C(C)NC(=O)C2(NCCOc3cccc(Cl)c3)CCOCC2)cc1. The van der Waals surface area contributed by atoms with E-state index in [1.807, 2.05) is 31.2 Å². The van der Waals surface area contributed by atoms with Crippen LogP contribution in [0.25, 0.3) is 0 Å². The van der Waals surface area contributed by atoms with Crippen LogP contribution in [0.5, 0.6) is 5.75 Å². The van der Waals surface area contributed by atoms with Crippen molar-refractivity contribution in [2.75, 3.05) is 33.0 Å². The van der Waals surface area contributed by atoms with E-state index in [4.69, 9.17) is 25.8 Å². The molecule has 0 radical (unpaired) electrons. The van der Waals surface area contributed by atoms with Gasteiger partial charge in [0.2, 0.25) is 5.91 Å². The van der Waals surface area contributed by atoms with Gasteiger partial charge in [-0.2, -0.15) is 0 Å². The lowest BCUT2D eigenvalue weighted by atomic mass is 9.88. The maximum absolute atomic E-state index is 13.3. The Kier molecular flexibility index (Phi) is 9.11. The molecule has 1 amide bonds. The molecule has 1 fully saturated rings. The number of hydrogen-bond donors (Lipinski definition) is 2. The van der Waals surface area contributed by atoms with E-state index in [9.17, 15) is 9.59 Å². The number of amides is 1. The molecular weight excluding hydrogens is 444 g/mol. The van der Waals surface area contributed by atoms with E-state index in [1.54, 1.807) is 31.2 Å². The van der Waals surface area contributed by atoms with Crippen LogP contribution in [0.4, 0.5) is 0 Å². The number of nitrogens with one attached hydrogen (secondary N) is 2. The lowest BCUT2D eigenvalue weighted by Crippen LogP contribution is -2.60. The summed E-state index contributed by atoms with van der Waals surface area (Å²) in [5.41, 5.74) is 0.666. The zero-order valence-corrected chi connectivity index (χ0v) is 19.8. The van der Waals surface area contributed by atoms with E-state index < -0.39 is 5.54 Å². The number of ether oxygens (including phenoxy) is 3. The topological polar surface area (TPSA) is 85.9 Å². The summed E-state index contributed by atoms with van der Waals surface area (Å²) < 4.78 is 16.3. The van der Waals surface area contributed by atoms with Crippen molar-refractivity contribution in [3.8, 4) is 5.75 Å². The molecule has 0 aromatic heterocycles. The predicted octanol–water partition coefficient (Wildman–Crippen LogP) is 3.91. The quantitative estimate of drug-likeness (QED) is 0.401. The summed E-state index contributed by atoms with van der Waals surface area (Å²) in [4.78, 5) is 25.2. The predicted molar refractivity (Wildman–Crippen MR) is 127 cm³/mol. The Labute approximate surface area is 199 Å². The number of esters is 1. The summed E-state index contributed by atoms with van der Waals surface area (Å²) in [5, 5.41) is 7.13. The van der Waals surface area contributed by atoms with Gasteiger partial charge in [0, 0.05) is 24.8 Å². The van der Waals surface area contributed by atoms with Gasteiger partial charge in [-0.1, -0.05) is 29.8 Å². The molecule has 3 rings (SSSR count). The standard InChI is InChI=1S/C25H31ClN2O5/c1-3-32-23(29)20-9-7-19(8-10-20)18(2)28-24(30)25(11-14-31-15-12-25)27-13-16-33-22-6-4-5-21(26)17-22/h4-10,17-18,27H,3,11-16H2,1-2H3,(H,28,30). The average molecular weight is 475 g/mol. The molecule has 1 heterocycles. The minimum absolute atomic E-state index is 0.0736. The number of benzene rings is 2. The van der Waals surface area contributed by atoms with Gasteiger partial charge in [0.05, 0.1) is 18.2 Å². The fraction of sp³-hybridized carbons (Fsp3) is 0.440. The summed E-state index contributed by atoms with van der Waals surface area (Å²) in [6.07, 6.45) is 1.15. The molecule has 0 saturated carbocycles. The Morgan fingerprint density at radius 3 is 2.55 bits per heavy atom. The average Bonchev–Trinajstić information content (AvgIpc) is 2.83. The van der Waals surface area contributed by atoms with E-state index in [1.165, 1.54) is 0 Å². The number of rotatable bonds is 10. The highest BCUT2D eigenvalue weighted by Gasteiger charge is 2.40. The third-order valence-electron chi connectivity index (χ3n) is 5.68. The summed E-state index contributed by atoms with van der Waals surface area (Å²) in [6, 6.07) is 14.1. The van der Waals surface area contributed by atoms with Crippen LogP contribution in [0.2, 0.25) is 5.02 Å². The molecule has 1 aliphatic rings. The molecule has 2 N–H and O–H groups in total. The van der Waals surface area contributed by atoms with Gasteiger partial charge in [0.15, 0.2) is 0 Å². The maximum atomic E-state index is 13.3. The Morgan fingerprint density at radius 1 is 1.15 bits per heavy atom. The molecule has 2 aromatic carbocycles. The molecule has 0 spiro atoms. The highest BCUT2D eigenvalue weighted by atomic mass is 35.5. The lowest BCUT2D eigenvalue weighted by Gasteiger charge is -2.37. The van der Waals surface area contributed by atoms with Crippen molar-refractivity contribution in [2.45, 2.75) is 38.3 Å². The third kappa shape index (κ3) is 6.93. The zero-order chi connectivity index (χ0) is 23.7. The Hall–Kier alpha value is -2.61.